The first-order valence-corrected chi connectivity index (χ1v) is 5.05. The van der Waals surface area contributed by atoms with Gasteiger partial charge in [-0.05, 0) is 6.92 Å². The van der Waals surface area contributed by atoms with Crippen molar-refractivity contribution < 1.29 is 8.78 Å². The molecule has 0 bridgehead atoms. The lowest BCUT2D eigenvalue weighted by atomic mass is 10.2. The van der Waals surface area contributed by atoms with Crippen molar-refractivity contribution in [2.24, 2.45) is 0 Å². The van der Waals surface area contributed by atoms with Crippen LogP contribution in [0.1, 0.15) is 5.69 Å². The highest BCUT2D eigenvalue weighted by molar-refractivity contribution is 6.36. The number of rotatable bonds is 1. The monoisotopic (exact) mass is 275 g/mol. The van der Waals surface area contributed by atoms with E-state index < -0.39 is 12.2 Å². The summed E-state index contributed by atoms with van der Waals surface area (Å²) >= 11 is 11.6. The standard InChI is InChI=1S/C9H3Cl2F2N4/c1-3-5(11)7(17-9(13)15-3)6-4(10)2-14-8(12)16-6/h1H3. The number of aryl methyl sites for hydroxylation is 1. The summed E-state index contributed by atoms with van der Waals surface area (Å²) in [6.07, 6.45) is 0.108. The maximum absolute atomic E-state index is 13.1. The van der Waals surface area contributed by atoms with Crippen LogP contribution in [0.5, 0.6) is 0 Å². The molecule has 0 aliphatic rings. The molecule has 8 heteroatoms. The first-order chi connectivity index (χ1) is 7.99. The van der Waals surface area contributed by atoms with Gasteiger partial charge in [-0.1, -0.05) is 23.2 Å². The van der Waals surface area contributed by atoms with Gasteiger partial charge in [0.15, 0.2) is 0 Å². The predicted octanol–water partition coefficient (Wildman–Crippen LogP) is 2.63. The summed E-state index contributed by atoms with van der Waals surface area (Å²) in [5, 5.41) is -0.0643. The average molecular weight is 276 g/mol. The second-order valence-electron chi connectivity index (χ2n) is 3.01. The normalized spacial score (nSPS) is 10.6. The number of aromatic nitrogens is 4. The van der Waals surface area contributed by atoms with E-state index in [-0.39, 0.29) is 27.1 Å². The fourth-order valence-corrected chi connectivity index (χ4v) is 1.50. The highest BCUT2D eigenvalue weighted by atomic mass is 35.5. The van der Waals surface area contributed by atoms with Gasteiger partial charge in [0.2, 0.25) is 0 Å². The second-order valence-corrected chi connectivity index (χ2v) is 3.76. The van der Waals surface area contributed by atoms with Crippen molar-refractivity contribution in [3.8, 4) is 11.4 Å². The molecule has 1 radical (unpaired) electrons. The maximum atomic E-state index is 13.1. The van der Waals surface area contributed by atoms with Crippen molar-refractivity contribution in [2.75, 3.05) is 0 Å². The topological polar surface area (TPSA) is 51.6 Å². The molecular formula is C9H3Cl2F2N4. The lowest BCUT2D eigenvalue weighted by Crippen LogP contribution is -2.01. The van der Waals surface area contributed by atoms with Crippen molar-refractivity contribution in [1.82, 2.24) is 19.9 Å². The van der Waals surface area contributed by atoms with Crippen LogP contribution in [0, 0.1) is 25.3 Å². The van der Waals surface area contributed by atoms with Crippen LogP contribution in [0.4, 0.5) is 8.78 Å². The summed E-state index contributed by atoms with van der Waals surface area (Å²) < 4.78 is 25.9. The van der Waals surface area contributed by atoms with E-state index in [9.17, 15) is 8.78 Å². The summed E-state index contributed by atoms with van der Waals surface area (Å²) in [5.74, 6) is 0. The molecule has 0 amide bonds. The van der Waals surface area contributed by atoms with E-state index in [0.29, 0.717) is 0 Å². The Balaban J connectivity index is 2.72. The van der Waals surface area contributed by atoms with E-state index in [1.165, 1.54) is 6.92 Å². The molecule has 87 valence electrons. The Kier molecular flexibility index (Phi) is 3.17. The first kappa shape index (κ1) is 12.1. The van der Waals surface area contributed by atoms with Crippen LogP contribution in [0.25, 0.3) is 11.4 Å². The number of hydrogen-bond acceptors (Lipinski definition) is 4. The van der Waals surface area contributed by atoms with Gasteiger partial charge in [0.05, 0.1) is 15.7 Å². The van der Waals surface area contributed by atoms with Crippen LogP contribution in [-0.2, 0) is 0 Å². The van der Waals surface area contributed by atoms with Crippen LogP contribution >= 0.6 is 23.2 Å². The molecule has 17 heavy (non-hydrogen) atoms. The summed E-state index contributed by atoms with van der Waals surface area (Å²) in [4.78, 5) is 13.4. The van der Waals surface area contributed by atoms with E-state index in [1.807, 2.05) is 0 Å². The van der Waals surface area contributed by atoms with E-state index in [0.717, 1.165) is 0 Å². The Labute approximate surface area is 105 Å². The number of nitrogens with zero attached hydrogens (tertiary/aromatic N) is 4. The fourth-order valence-electron chi connectivity index (χ4n) is 1.15. The molecule has 0 unspecified atom stereocenters. The molecule has 0 aliphatic carbocycles. The minimum atomic E-state index is -1.06. The highest BCUT2D eigenvalue weighted by Crippen LogP contribution is 2.30. The Morgan fingerprint density at radius 1 is 1.00 bits per heavy atom. The molecule has 2 heterocycles. The zero-order valence-electron chi connectivity index (χ0n) is 8.30. The molecular weight excluding hydrogens is 273 g/mol. The van der Waals surface area contributed by atoms with Crippen molar-refractivity contribution in [3.05, 3.63) is 34.1 Å². The van der Waals surface area contributed by atoms with Crippen LogP contribution in [0.3, 0.4) is 0 Å². The van der Waals surface area contributed by atoms with Crippen molar-refractivity contribution in [2.45, 2.75) is 6.92 Å². The van der Waals surface area contributed by atoms with Gasteiger partial charge in [-0.3, -0.25) is 0 Å². The molecule has 0 atom stereocenters. The lowest BCUT2D eigenvalue weighted by molar-refractivity contribution is 0.531. The summed E-state index contributed by atoms with van der Waals surface area (Å²) in [6, 6.07) is 0. The van der Waals surface area contributed by atoms with Crippen LogP contribution < -0.4 is 0 Å². The third-order valence-corrected chi connectivity index (χ3v) is 2.59. The summed E-state index contributed by atoms with van der Waals surface area (Å²) in [7, 11) is 0. The highest BCUT2D eigenvalue weighted by Gasteiger charge is 2.17. The molecule has 0 saturated carbocycles. The molecule has 2 aromatic rings. The van der Waals surface area contributed by atoms with Gasteiger partial charge in [-0.25, -0.2) is 4.98 Å². The van der Waals surface area contributed by atoms with E-state index in [1.54, 1.807) is 0 Å². The Morgan fingerprint density at radius 3 is 2.35 bits per heavy atom. The molecule has 0 aromatic carbocycles. The number of halogens is 4. The minimum Gasteiger partial charge on any atom is -0.206 e. The Hall–Kier alpha value is -1.40. The largest absolute Gasteiger partial charge is 0.309 e. The van der Waals surface area contributed by atoms with Gasteiger partial charge >= 0.3 is 12.2 Å². The molecule has 0 fully saturated rings. The van der Waals surface area contributed by atoms with Gasteiger partial charge in [-0.2, -0.15) is 23.7 Å². The van der Waals surface area contributed by atoms with Crippen molar-refractivity contribution in [3.63, 3.8) is 0 Å². The Morgan fingerprint density at radius 2 is 1.65 bits per heavy atom. The third-order valence-electron chi connectivity index (χ3n) is 1.87. The molecule has 2 rings (SSSR count). The summed E-state index contributed by atoms with van der Waals surface area (Å²) in [5.41, 5.74) is -0.0305. The van der Waals surface area contributed by atoms with Crippen molar-refractivity contribution >= 4 is 23.2 Å². The van der Waals surface area contributed by atoms with Crippen molar-refractivity contribution in [1.29, 1.82) is 0 Å². The number of hydrogen-bond donors (Lipinski definition) is 0. The van der Waals surface area contributed by atoms with Crippen LogP contribution in [0.15, 0.2) is 0 Å². The van der Waals surface area contributed by atoms with E-state index >= 15 is 0 Å². The Bertz CT molecular complexity index is 591. The van der Waals surface area contributed by atoms with Gasteiger partial charge in [0.1, 0.15) is 17.6 Å². The third kappa shape index (κ3) is 2.32. The molecule has 0 N–H and O–H groups in total. The quantitative estimate of drug-likeness (QED) is 0.751. The maximum Gasteiger partial charge on any atom is 0.309 e. The lowest BCUT2D eigenvalue weighted by Gasteiger charge is -2.05. The fraction of sp³-hybridized carbons (Fsp3) is 0.111. The second kappa shape index (κ2) is 4.46. The zero-order chi connectivity index (χ0) is 12.6. The molecule has 0 aliphatic heterocycles. The molecule has 4 nitrogen and oxygen atoms in total. The van der Waals surface area contributed by atoms with E-state index in [2.05, 4.69) is 26.1 Å². The SMILES string of the molecule is Cc1nc(F)nc(-c2nc(F)n[c]c2Cl)c1Cl. The molecule has 2 aromatic heterocycles. The summed E-state index contributed by atoms with van der Waals surface area (Å²) in [6.45, 7) is 1.48. The smallest absolute Gasteiger partial charge is 0.206 e. The molecule has 0 spiro atoms. The van der Waals surface area contributed by atoms with Gasteiger partial charge in [0, 0.05) is 0 Å². The van der Waals surface area contributed by atoms with Gasteiger partial charge < -0.3 is 0 Å². The van der Waals surface area contributed by atoms with E-state index in [4.69, 9.17) is 23.2 Å². The minimum absolute atomic E-state index is 0.0415. The van der Waals surface area contributed by atoms with Gasteiger partial charge in [0.25, 0.3) is 0 Å². The average Bonchev–Trinajstić information content (AvgIpc) is 2.27. The van der Waals surface area contributed by atoms with Gasteiger partial charge in [-0.15, -0.1) is 0 Å². The predicted molar refractivity (Wildman–Crippen MR) is 56.6 cm³/mol. The zero-order valence-corrected chi connectivity index (χ0v) is 9.81. The van der Waals surface area contributed by atoms with Crippen LogP contribution in [0.2, 0.25) is 10.0 Å². The first-order valence-electron chi connectivity index (χ1n) is 4.29. The van der Waals surface area contributed by atoms with Crippen LogP contribution in [-0.4, -0.2) is 19.9 Å². The molecule has 0 saturated heterocycles.